The Morgan fingerprint density at radius 2 is 1.14 bits per heavy atom. The summed E-state index contributed by atoms with van der Waals surface area (Å²) in [7, 11) is -2.17. The quantitative estimate of drug-likeness (QED) is 0.426. The molecule has 0 aliphatic carbocycles. The van der Waals surface area contributed by atoms with Crippen molar-refractivity contribution in [2.24, 2.45) is 0 Å². The van der Waals surface area contributed by atoms with Gasteiger partial charge in [-0.2, -0.15) is 0 Å². The molecule has 0 unspecified atom stereocenters. The molecule has 0 aliphatic heterocycles. The molecule has 0 saturated heterocycles. The summed E-state index contributed by atoms with van der Waals surface area (Å²) in [5, 5.41) is 21.5. The predicted molar refractivity (Wildman–Crippen MR) is 36.3 cm³/mol. The molecule has 0 atom stereocenters. The molecule has 0 rings (SSSR count). The van der Waals surface area contributed by atoms with Gasteiger partial charge in [0.1, 0.15) is 0 Å². The molecule has 0 bridgehead atoms. The van der Waals surface area contributed by atoms with Crippen LogP contribution in [0.3, 0.4) is 0 Å². The molecule has 0 aromatic carbocycles. The molecule has 0 radical (unpaired) electrons. The molecule has 0 heterocycles. The van der Waals surface area contributed by atoms with Crippen LogP contribution in [0.25, 0.3) is 0 Å². The van der Waals surface area contributed by atoms with E-state index in [9.17, 15) is 0 Å². The van der Waals surface area contributed by atoms with E-state index in [2.05, 4.69) is 0 Å². The topological polar surface area (TPSA) is 60.7 Å². The molecule has 0 aromatic heterocycles. The van der Waals surface area contributed by atoms with Gasteiger partial charge in [-0.3, -0.25) is 0 Å². The molecule has 3 N–H and O–H groups in total. The Morgan fingerprint density at radius 3 is 1.14 bits per heavy atom. The fourth-order valence-corrected chi connectivity index (χ4v) is 0. The second kappa shape index (κ2) is 16.3. The van der Waals surface area contributed by atoms with Crippen LogP contribution in [0.1, 0.15) is 8.56 Å². The molecule has 7 heteroatoms. The van der Waals surface area contributed by atoms with Gasteiger partial charge in [0.15, 0.2) is 0 Å². The van der Waals surface area contributed by atoms with Crippen LogP contribution in [0.15, 0.2) is 0 Å². The van der Waals surface area contributed by atoms with E-state index in [1.165, 1.54) is 0 Å². The van der Waals surface area contributed by atoms with Crippen molar-refractivity contribution in [1.82, 2.24) is 0 Å². The van der Waals surface area contributed by atoms with E-state index in [0.29, 0.717) is 0 Å². The maximum Gasteiger partial charge on any atom is 2.00 e. The average Bonchev–Trinajstić information content (AvgIpc) is 0.811. The number of hydrogen-bond acceptors (Lipinski definition) is 3. The molecule has 0 aliphatic rings. The summed E-state index contributed by atoms with van der Waals surface area (Å²) in [6, 6.07) is 0. The van der Waals surface area contributed by atoms with Crippen molar-refractivity contribution >= 4 is 117 Å². The monoisotopic (exact) mass is 270 g/mol. The van der Waals surface area contributed by atoms with Gasteiger partial charge in [-0.05, 0) is 0 Å². The molecule has 0 saturated carbocycles. The Balaban J connectivity index is -0.00000000125. The standard InChI is InChI=1S/BH3O3.Ba.Ca.Mg.6H/c2-1(3)4;;;;;;;;;/h2-4H;;;;;;;;;/q;3*+2;6*-1. The molecule has 0 spiro atoms. The van der Waals surface area contributed by atoms with E-state index < -0.39 is 7.32 Å². The first kappa shape index (κ1) is 22.4. The Bertz CT molecular complexity index is 32.6. The van der Waals surface area contributed by atoms with Gasteiger partial charge in [0, 0.05) is 0 Å². The number of rotatable bonds is 0. The van der Waals surface area contributed by atoms with Gasteiger partial charge >= 0.3 is 117 Å². The third kappa shape index (κ3) is 43.3. The SMILES string of the molecule is OB(O)O.[Ba+2].[Ca+2].[H-].[H-].[H-].[H-].[H-].[H-].[Mg+2]. The average molecular weight is 270 g/mol. The van der Waals surface area contributed by atoms with Crippen LogP contribution >= 0.6 is 0 Å². The minimum atomic E-state index is -2.17. The third-order valence-corrected chi connectivity index (χ3v) is 0. The van der Waals surface area contributed by atoms with Crippen molar-refractivity contribution < 1.29 is 23.6 Å². The van der Waals surface area contributed by atoms with Gasteiger partial charge < -0.3 is 23.6 Å². The van der Waals surface area contributed by atoms with E-state index in [-0.39, 0.29) is 118 Å². The van der Waals surface area contributed by atoms with E-state index in [1.54, 1.807) is 0 Å². The first-order chi connectivity index (χ1) is 1.73. The predicted octanol–water partition coefficient (Wildman–Crippen LogP) is -2.52. The zero-order valence-electron chi connectivity index (χ0n) is 10.0. The first-order valence-electron chi connectivity index (χ1n) is 0.775. The Kier molecular flexibility index (Phi) is 52.1. The summed E-state index contributed by atoms with van der Waals surface area (Å²) in [4.78, 5) is 0. The number of hydrogen-bond donors (Lipinski definition) is 3. The largest absolute Gasteiger partial charge is 2.00 e. The van der Waals surface area contributed by atoms with Gasteiger partial charge in [-0.1, -0.05) is 0 Å². The van der Waals surface area contributed by atoms with Crippen molar-refractivity contribution in [3.63, 3.8) is 0 Å². The van der Waals surface area contributed by atoms with Crippen molar-refractivity contribution in [2.75, 3.05) is 0 Å². The Hall–Kier alpha value is 3.54. The zero-order chi connectivity index (χ0) is 3.58. The molecular weight excluding hydrogens is 261 g/mol. The van der Waals surface area contributed by atoms with Crippen LogP contribution < -0.4 is 0 Å². The van der Waals surface area contributed by atoms with E-state index >= 15 is 0 Å². The summed E-state index contributed by atoms with van der Waals surface area (Å²) in [6.45, 7) is 0. The van der Waals surface area contributed by atoms with Gasteiger partial charge in [-0.15, -0.1) is 0 Å². The van der Waals surface area contributed by atoms with Crippen LogP contribution in [0.2, 0.25) is 0 Å². The van der Waals surface area contributed by atoms with Crippen molar-refractivity contribution in [3.05, 3.63) is 0 Å². The van der Waals surface area contributed by atoms with Crippen LogP contribution in [0.4, 0.5) is 0 Å². The summed E-state index contributed by atoms with van der Waals surface area (Å²) < 4.78 is 0. The molecule has 0 fully saturated rings. The fraction of sp³-hybridized carbons (Fsp3) is 0. The van der Waals surface area contributed by atoms with Gasteiger partial charge in [0.05, 0.1) is 0 Å². The van der Waals surface area contributed by atoms with E-state index in [1.807, 2.05) is 0 Å². The molecule has 3 nitrogen and oxygen atoms in total. The summed E-state index contributed by atoms with van der Waals surface area (Å²) in [5.74, 6) is 0. The van der Waals surface area contributed by atoms with E-state index in [4.69, 9.17) is 15.1 Å². The summed E-state index contributed by atoms with van der Waals surface area (Å²) in [6.07, 6.45) is 0. The second-order valence-corrected chi connectivity index (χ2v) is 0.346. The maximum absolute atomic E-state index is 7.17. The van der Waals surface area contributed by atoms with Gasteiger partial charge in [0.25, 0.3) is 0 Å². The first-order valence-corrected chi connectivity index (χ1v) is 0.775. The minimum Gasteiger partial charge on any atom is -1.00 e. The van der Waals surface area contributed by atoms with E-state index in [0.717, 1.165) is 0 Å². The fourth-order valence-electron chi connectivity index (χ4n) is 0. The van der Waals surface area contributed by atoms with Crippen LogP contribution in [-0.4, -0.2) is 132 Å². The minimum absolute atomic E-state index is 0. The molecular formula is H9BBaCaMgO3. The van der Waals surface area contributed by atoms with Gasteiger partial charge in [0.2, 0.25) is 0 Å². The summed E-state index contributed by atoms with van der Waals surface area (Å²) in [5.41, 5.74) is 0. The maximum atomic E-state index is 7.17. The molecule has 7 heavy (non-hydrogen) atoms. The molecule has 36 valence electrons. The van der Waals surface area contributed by atoms with Gasteiger partial charge in [-0.25, -0.2) is 0 Å². The molecule has 0 amide bonds. The summed E-state index contributed by atoms with van der Waals surface area (Å²) >= 11 is 0. The normalized spacial score (nSPS) is 3.86. The van der Waals surface area contributed by atoms with Crippen LogP contribution in [0, 0.1) is 0 Å². The third-order valence-electron chi connectivity index (χ3n) is 0. The van der Waals surface area contributed by atoms with Crippen LogP contribution in [0.5, 0.6) is 0 Å². The smallest absolute Gasteiger partial charge is 1.00 e. The zero-order valence-corrected chi connectivity index (χ0v) is 12.1. The Labute approximate surface area is 138 Å². The van der Waals surface area contributed by atoms with Crippen LogP contribution in [-0.2, 0) is 0 Å². The van der Waals surface area contributed by atoms with Crippen molar-refractivity contribution in [3.8, 4) is 0 Å². The molecule has 0 aromatic rings. The van der Waals surface area contributed by atoms with Crippen molar-refractivity contribution in [2.45, 2.75) is 0 Å². The second-order valence-electron chi connectivity index (χ2n) is 0.346. The Morgan fingerprint density at radius 1 is 1.14 bits per heavy atom. The van der Waals surface area contributed by atoms with Crippen molar-refractivity contribution in [1.29, 1.82) is 0 Å².